The van der Waals surface area contributed by atoms with Crippen LogP contribution in [-0.4, -0.2) is 19.3 Å². The summed E-state index contributed by atoms with van der Waals surface area (Å²) in [5, 5.41) is 2.51. The number of halogens is 3. The monoisotopic (exact) mass is 355 g/mol. The Morgan fingerprint density at radius 1 is 1.29 bits per heavy atom. The Balaban J connectivity index is 3.35. The van der Waals surface area contributed by atoms with Crippen molar-refractivity contribution < 1.29 is 4.79 Å². The molecule has 1 unspecified atom stereocenters. The third-order valence-electron chi connectivity index (χ3n) is 2.68. The number of aromatic nitrogens is 2. The van der Waals surface area contributed by atoms with Gasteiger partial charge in [0.15, 0.2) is 6.17 Å². The summed E-state index contributed by atoms with van der Waals surface area (Å²) >= 11 is 17.6. The number of amides is 1. The Bertz CT molecular complexity index is 653. The summed E-state index contributed by atoms with van der Waals surface area (Å²) in [7, 11) is 0. The third kappa shape index (κ3) is 4.49. The van der Waals surface area contributed by atoms with Gasteiger partial charge < -0.3 is 5.32 Å². The van der Waals surface area contributed by atoms with Crippen molar-refractivity contribution in [2.24, 2.45) is 5.41 Å². The molecule has 9 heteroatoms. The Kier molecular flexibility index (Phi) is 5.18. The van der Waals surface area contributed by atoms with Gasteiger partial charge in [-0.2, -0.15) is 0 Å². The molecule has 118 valence electrons. The van der Waals surface area contributed by atoms with Gasteiger partial charge in [0.25, 0.3) is 5.56 Å². The lowest BCUT2D eigenvalue weighted by Gasteiger charge is -2.30. The maximum absolute atomic E-state index is 12.1. The first kappa shape index (κ1) is 18.1. The van der Waals surface area contributed by atoms with Gasteiger partial charge in [-0.3, -0.25) is 19.1 Å². The lowest BCUT2D eigenvalue weighted by Crippen LogP contribution is -2.49. The Labute approximate surface area is 136 Å². The highest BCUT2D eigenvalue weighted by Crippen LogP contribution is 2.36. The fraction of sp³-hybridized carbons (Fsp3) is 0.583. The van der Waals surface area contributed by atoms with Crippen molar-refractivity contribution in [1.29, 1.82) is 0 Å². The van der Waals surface area contributed by atoms with E-state index in [9.17, 15) is 14.4 Å². The van der Waals surface area contributed by atoms with E-state index in [1.807, 2.05) is 0 Å². The van der Waals surface area contributed by atoms with E-state index in [0.29, 0.717) is 0 Å². The minimum atomic E-state index is -1.98. The van der Waals surface area contributed by atoms with Crippen LogP contribution in [0.25, 0.3) is 0 Å². The average Bonchev–Trinajstić information content (AvgIpc) is 2.28. The highest BCUT2D eigenvalue weighted by molar-refractivity contribution is 6.67. The van der Waals surface area contributed by atoms with E-state index in [4.69, 9.17) is 34.8 Å². The van der Waals surface area contributed by atoms with Crippen LogP contribution < -0.4 is 16.6 Å². The lowest BCUT2D eigenvalue weighted by atomic mass is 9.95. The number of hydrogen-bond acceptors (Lipinski definition) is 3. The van der Waals surface area contributed by atoms with Gasteiger partial charge in [-0.25, -0.2) is 4.79 Å². The van der Waals surface area contributed by atoms with Crippen molar-refractivity contribution in [3.8, 4) is 0 Å². The first-order valence-electron chi connectivity index (χ1n) is 6.04. The zero-order valence-electron chi connectivity index (χ0n) is 12.0. The summed E-state index contributed by atoms with van der Waals surface area (Å²) in [5.41, 5.74) is -1.81. The zero-order valence-corrected chi connectivity index (χ0v) is 14.2. The van der Waals surface area contributed by atoms with Crippen LogP contribution in [0.5, 0.6) is 0 Å². The molecular weight excluding hydrogens is 341 g/mol. The molecule has 21 heavy (non-hydrogen) atoms. The summed E-state index contributed by atoms with van der Waals surface area (Å²) < 4.78 is -0.997. The first-order valence-corrected chi connectivity index (χ1v) is 7.17. The molecule has 1 heterocycles. The van der Waals surface area contributed by atoms with E-state index in [2.05, 4.69) is 10.3 Å². The fourth-order valence-corrected chi connectivity index (χ4v) is 1.91. The average molecular weight is 357 g/mol. The highest BCUT2D eigenvalue weighted by Gasteiger charge is 2.38. The van der Waals surface area contributed by atoms with E-state index in [-0.39, 0.29) is 5.56 Å². The van der Waals surface area contributed by atoms with Crippen LogP contribution in [0.2, 0.25) is 0 Å². The molecule has 0 aliphatic rings. The van der Waals surface area contributed by atoms with E-state index in [0.717, 1.165) is 4.57 Å². The smallest absolute Gasteiger partial charge is 0.330 e. The number of aromatic amines is 1. The maximum Gasteiger partial charge on any atom is 0.330 e. The van der Waals surface area contributed by atoms with Crippen molar-refractivity contribution in [2.75, 3.05) is 0 Å². The van der Waals surface area contributed by atoms with Crippen molar-refractivity contribution >= 4 is 40.7 Å². The van der Waals surface area contributed by atoms with Gasteiger partial charge in [-0.05, 0) is 6.92 Å². The van der Waals surface area contributed by atoms with Gasteiger partial charge in [0, 0.05) is 17.2 Å². The molecule has 0 saturated carbocycles. The third-order valence-corrected chi connectivity index (χ3v) is 3.30. The van der Waals surface area contributed by atoms with Crippen LogP contribution in [0.15, 0.2) is 15.8 Å². The number of H-pyrrole nitrogens is 1. The molecule has 1 aromatic heterocycles. The molecule has 1 rings (SSSR count). The number of rotatable bonds is 2. The molecule has 1 atom stereocenters. The van der Waals surface area contributed by atoms with Gasteiger partial charge in [0.1, 0.15) is 0 Å². The van der Waals surface area contributed by atoms with Crippen LogP contribution in [0, 0.1) is 12.3 Å². The number of nitrogens with zero attached hydrogens (tertiary/aromatic N) is 1. The SMILES string of the molecule is Cc1cn(C(NC(=O)C(C)(C)C)C(Cl)(Cl)Cl)c(=O)[nH]c1=O. The standard InChI is InChI=1S/C12H16Cl3N3O3/c1-6-5-18(10(21)16-7(6)19)8(12(13,14)15)17-9(20)11(2,3)4/h5,8H,1-4H3,(H,17,20)(H,16,19,21). The molecule has 0 aliphatic carbocycles. The molecule has 1 aromatic rings. The predicted molar refractivity (Wildman–Crippen MR) is 83.0 cm³/mol. The minimum absolute atomic E-state index is 0.249. The zero-order chi connectivity index (χ0) is 16.6. The maximum atomic E-state index is 12.1. The fourth-order valence-electron chi connectivity index (χ4n) is 1.43. The quantitative estimate of drug-likeness (QED) is 0.794. The van der Waals surface area contributed by atoms with E-state index in [1.54, 1.807) is 20.8 Å². The number of nitrogens with one attached hydrogen (secondary N) is 2. The van der Waals surface area contributed by atoms with E-state index < -0.39 is 32.5 Å². The molecule has 0 fully saturated rings. The highest BCUT2D eigenvalue weighted by atomic mass is 35.6. The van der Waals surface area contributed by atoms with Crippen LogP contribution >= 0.6 is 34.8 Å². The van der Waals surface area contributed by atoms with Crippen molar-refractivity contribution in [1.82, 2.24) is 14.9 Å². The number of alkyl halides is 3. The summed E-state index contributed by atoms with van der Waals surface area (Å²) in [6, 6.07) is 0. The molecule has 1 amide bonds. The number of carbonyl (C=O) groups is 1. The molecule has 2 N–H and O–H groups in total. The molecule has 0 bridgehead atoms. The van der Waals surface area contributed by atoms with Crippen molar-refractivity contribution in [3.05, 3.63) is 32.6 Å². The minimum Gasteiger partial charge on any atom is -0.331 e. The topological polar surface area (TPSA) is 84.0 Å². The summed E-state index contributed by atoms with van der Waals surface area (Å²) in [6.45, 7) is 6.53. The van der Waals surface area contributed by atoms with E-state index in [1.165, 1.54) is 13.1 Å². The van der Waals surface area contributed by atoms with Crippen LogP contribution in [-0.2, 0) is 4.79 Å². The second kappa shape index (κ2) is 6.02. The van der Waals surface area contributed by atoms with Crippen LogP contribution in [0.4, 0.5) is 0 Å². The Morgan fingerprint density at radius 3 is 2.24 bits per heavy atom. The summed E-state index contributed by atoms with van der Waals surface area (Å²) in [6.07, 6.45) is -0.0197. The molecule has 0 spiro atoms. The molecule has 0 radical (unpaired) electrons. The lowest BCUT2D eigenvalue weighted by molar-refractivity contribution is -0.129. The summed E-state index contributed by atoms with van der Waals surface area (Å²) in [5.74, 6) is -0.408. The van der Waals surface area contributed by atoms with Gasteiger partial charge >= 0.3 is 5.69 Å². The largest absolute Gasteiger partial charge is 0.331 e. The molecule has 0 aromatic carbocycles. The number of hydrogen-bond donors (Lipinski definition) is 2. The van der Waals surface area contributed by atoms with E-state index >= 15 is 0 Å². The molecule has 0 saturated heterocycles. The molecule has 0 aliphatic heterocycles. The summed E-state index contributed by atoms with van der Waals surface area (Å²) in [4.78, 5) is 37.5. The van der Waals surface area contributed by atoms with Crippen molar-refractivity contribution in [3.63, 3.8) is 0 Å². The Morgan fingerprint density at radius 2 is 1.81 bits per heavy atom. The second-order valence-electron chi connectivity index (χ2n) is 5.65. The Hall–Kier alpha value is -0.980. The van der Waals surface area contributed by atoms with Gasteiger partial charge in [0.05, 0.1) is 0 Å². The van der Waals surface area contributed by atoms with Crippen molar-refractivity contribution in [2.45, 2.75) is 37.7 Å². The number of carbonyl (C=O) groups excluding carboxylic acids is 1. The van der Waals surface area contributed by atoms with Crippen LogP contribution in [0.1, 0.15) is 32.5 Å². The number of aryl methyl sites for hydroxylation is 1. The van der Waals surface area contributed by atoms with Gasteiger partial charge in [-0.15, -0.1) is 0 Å². The normalized spacial score (nSPS) is 13.9. The van der Waals surface area contributed by atoms with Crippen LogP contribution in [0.3, 0.4) is 0 Å². The predicted octanol–water partition coefficient (Wildman–Crippen LogP) is 1.88. The first-order chi connectivity index (χ1) is 9.34. The molecular formula is C12H16Cl3N3O3. The van der Waals surface area contributed by atoms with Gasteiger partial charge in [-0.1, -0.05) is 55.6 Å². The van der Waals surface area contributed by atoms with Gasteiger partial charge in [0.2, 0.25) is 9.70 Å². The molecule has 6 nitrogen and oxygen atoms in total. The second-order valence-corrected chi connectivity index (χ2v) is 8.02.